The summed E-state index contributed by atoms with van der Waals surface area (Å²) in [4.78, 5) is 28.4. The van der Waals surface area contributed by atoms with Gasteiger partial charge in [0, 0.05) is 13.0 Å². The Hall–Kier alpha value is -3.15. The van der Waals surface area contributed by atoms with Crippen LogP contribution in [-0.4, -0.2) is 23.0 Å². The van der Waals surface area contributed by atoms with Crippen molar-refractivity contribution >= 4 is 23.0 Å². The summed E-state index contributed by atoms with van der Waals surface area (Å²) in [6.45, 7) is 3.95. The molecule has 0 saturated heterocycles. The summed E-state index contributed by atoms with van der Waals surface area (Å²) in [5.41, 5.74) is 3.59. The zero-order valence-corrected chi connectivity index (χ0v) is 15.4. The quantitative estimate of drug-likeness (QED) is 0.649. The number of carbonyl (C=O) groups is 2. The Morgan fingerprint density at radius 2 is 1.89 bits per heavy atom. The van der Waals surface area contributed by atoms with Gasteiger partial charge in [-0.3, -0.25) is 9.59 Å². The topological polar surface area (TPSA) is 81.4 Å². The predicted octanol–water partition coefficient (Wildman–Crippen LogP) is 3.32. The molecule has 3 aromatic rings. The van der Waals surface area contributed by atoms with Gasteiger partial charge in [-0.15, -0.1) is 0 Å². The fourth-order valence-electron chi connectivity index (χ4n) is 2.58. The zero-order chi connectivity index (χ0) is 19.2. The number of hydrogen-bond donors (Lipinski definition) is 1. The first-order chi connectivity index (χ1) is 13.0. The van der Waals surface area contributed by atoms with Crippen LogP contribution in [0.25, 0.3) is 11.1 Å². The first kappa shape index (κ1) is 18.6. The second-order valence-corrected chi connectivity index (χ2v) is 6.41. The van der Waals surface area contributed by atoms with Crippen LogP contribution in [0.15, 0.2) is 52.9 Å². The molecule has 2 aromatic carbocycles. The number of nitrogens with zero attached hydrogens (tertiary/aromatic N) is 1. The van der Waals surface area contributed by atoms with Crippen LogP contribution in [0, 0.1) is 6.92 Å². The molecule has 1 atom stereocenters. The minimum absolute atomic E-state index is 0.0996. The summed E-state index contributed by atoms with van der Waals surface area (Å²) < 4.78 is 10.8. The molecule has 3 rings (SSSR count). The lowest BCUT2D eigenvalue weighted by molar-refractivity contribution is -0.154. The molecule has 0 aliphatic heterocycles. The van der Waals surface area contributed by atoms with Gasteiger partial charge in [-0.1, -0.05) is 42.0 Å². The molecule has 0 saturated carbocycles. The molecule has 0 bridgehead atoms. The maximum atomic E-state index is 12.1. The van der Waals surface area contributed by atoms with E-state index in [0.29, 0.717) is 24.4 Å². The largest absolute Gasteiger partial charge is 0.453 e. The highest BCUT2D eigenvalue weighted by Crippen LogP contribution is 2.16. The predicted molar refractivity (Wildman–Crippen MR) is 101 cm³/mol. The van der Waals surface area contributed by atoms with Crippen molar-refractivity contribution in [2.75, 3.05) is 0 Å². The third-order valence-electron chi connectivity index (χ3n) is 4.15. The highest BCUT2D eigenvalue weighted by molar-refractivity contribution is 5.83. The number of oxazole rings is 1. The van der Waals surface area contributed by atoms with Crippen molar-refractivity contribution in [3.8, 4) is 0 Å². The summed E-state index contributed by atoms with van der Waals surface area (Å²) in [6.07, 6.45) is -0.431. The molecule has 140 valence electrons. The number of aryl methyl sites for hydroxylation is 2. The van der Waals surface area contributed by atoms with Gasteiger partial charge in [0.1, 0.15) is 5.52 Å². The number of hydrogen-bond acceptors (Lipinski definition) is 5. The lowest BCUT2D eigenvalue weighted by atomic mass is 10.1. The number of benzene rings is 2. The van der Waals surface area contributed by atoms with E-state index in [1.807, 2.05) is 55.5 Å². The van der Waals surface area contributed by atoms with Gasteiger partial charge in [0.2, 0.25) is 0 Å². The normalized spacial score (nSPS) is 11.9. The number of ether oxygens (including phenoxy) is 1. The van der Waals surface area contributed by atoms with Crippen molar-refractivity contribution in [2.45, 2.75) is 39.3 Å². The van der Waals surface area contributed by atoms with Crippen LogP contribution in [0.3, 0.4) is 0 Å². The Bertz CT molecular complexity index is 898. The molecule has 1 amide bonds. The molecule has 27 heavy (non-hydrogen) atoms. The van der Waals surface area contributed by atoms with Gasteiger partial charge in [-0.05, 0) is 31.5 Å². The highest BCUT2D eigenvalue weighted by Gasteiger charge is 2.18. The molecule has 0 aliphatic rings. The number of fused-ring (bicyclic) bond motifs is 1. The van der Waals surface area contributed by atoms with E-state index in [9.17, 15) is 9.59 Å². The van der Waals surface area contributed by atoms with Crippen LogP contribution in [0.1, 0.15) is 30.4 Å². The maximum absolute atomic E-state index is 12.1. The van der Waals surface area contributed by atoms with Crippen LogP contribution in [0.2, 0.25) is 0 Å². The fourth-order valence-corrected chi connectivity index (χ4v) is 2.58. The molecule has 1 aromatic heterocycles. The minimum atomic E-state index is -0.855. The summed E-state index contributed by atoms with van der Waals surface area (Å²) >= 11 is 0. The third kappa shape index (κ3) is 5.17. The Morgan fingerprint density at radius 3 is 2.63 bits per heavy atom. The SMILES string of the molecule is Cc1ccc(CNC(=O)[C@@H](C)OC(=O)CCc2nc3ccccc3o2)cc1. The number of esters is 1. The summed E-state index contributed by atoms with van der Waals surface area (Å²) in [5, 5.41) is 2.77. The molecule has 0 unspecified atom stereocenters. The zero-order valence-electron chi connectivity index (χ0n) is 15.4. The number of carbonyl (C=O) groups excluding carboxylic acids is 2. The molecule has 0 aliphatic carbocycles. The first-order valence-corrected chi connectivity index (χ1v) is 8.88. The van der Waals surface area contributed by atoms with Crippen LogP contribution in [0.5, 0.6) is 0 Å². The highest BCUT2D eigenvalue weighted by atomic mass is 16.5. The molecule has 6 nitrogen and oxygen atoms in total. The van der Waals surface area contributed by atoms with E-state index in [0.717, 1.165) is 16.6 Å². The summed E-state index contributed by atoms with van der Waals surface area (Å²) in [5.74, 6) is -0.314. The van der Waals surface area contributed by atoms with Crippen molar-refractivity contribution < 1.29 is 18.7 Å². The van der Waals surface area contributed by atoms with E-state index in [4.69, 9.17) is 9.15 Å². The average molecular weight is 366 g/mol. The van der Waals surface area contributed by atoms with Gasteiger partial charge in [0.25, 0.3) is 5.91 Å². The number of rotatable bonds is 7. The van der Waals surface area contributed by atoms with Crippen molar-refractivity contribution in [3.05, 3.63) is 65.5 Å². The van der Waals surface area contributed by atoms with Crippen LogP contribution in [-0.2, 0) is 27.3 Å². The van der Waals surface area contributed by atoms with E-state index in [2.05, 4.69) is 10.3 Å². The standard InChI is InChI=1S/C21H22N2O4/c1-14-7-9-16(10-8-14)13-22-21(25)15(2)26-20(24)12-11-19-23-17-5-3-4-6-18(17)27-19/h3-10,15H,11-13H2,1-2H3,(H,22,25)/t15-/m1/s1. The molecular weight excluding hydrogens is 344 g/mol. The third-order valence-corrected chi connectivity index (χ3v) is 4.15. The Balaban J connectivity index is 1.43. The summed E-state index contributed by atoms with van der Waals surface area (Å²) in [7, 11) is 0. The number of nitrogens with one attached hydrogen (secondary N) is 1. The lowest BCUT2D eigenvalue weighted by Gasteiger charge is -2.13. The maximum Gasteiger partial charge on any atom is 0.307 e. The van der Waals surface area contributed by atoms with Gasteiger partial charge >= 0.3 is 5.97 Å². The Labute approximate surface area is 157 Å². The van der Waals surface area contributed by atoms with E-state index >= 15 is 0 Å². The Morgan fingerprint density at radius 1 is 1.15 bits per heavy atom. The number of amides is 1. The smallest absolute Gasteiger partial charge is 0.307 e. The van der Waals surface area contributed by atoms with Crippen molar-refractivity contribution in [3.63, 3.8) is 0 Å². The summed E-state index contributed by atoms with van der Waals surface area (Å²) in [6, 6.07) is 15.3. The molecular formula is C21H22N2O4. The molecule has 6 heteroatoms. The minimum Gasteiger partial charge on any atom is -0.453 e. The van der Waals surface area contributed by atoms with Crippen LogP contribution >= 0.6 is 0 Å². The molecule has 0 spiro atoms. The second kappa shape index (κ2) is 8.49. The monoisotopic (exact) mass is 366 g/mol. The van der Waals surface area contributed by atoms with Gasteiger partial charge in [-0.25, -0.2) is 4.98 Å². The fraction of sp³-hybridized carbons (Fsp3) is 0.286. The van der Waals surface area contributed by atoms with Crippen LogP contribution < -0.4 is 5.32 Å². The van der Waals surface area contributed by atoms with Crippen LogP contribution in [0.4, 0.5) is 0 Å². The lowest BCUT2D eigenvalue weighted by Crippen LogP contribution is -2.35. The van der Waals surface area contributed by atoms with Gasteiger partial charge < -0.3 is 14.5 Å². The van der Waals surface area contributed by atoms with Crippen molar-refractivity contribution in [2.24, 2.45) is 0 Å². The second-order valence-electron chi connectivity index (χ2n) is 6.41. The first-order valence-electron chi connectivity index (χ1n) is 8.88. The number of aromatic nitrogens is 1. The van der Waals surface area contributed by atoms with Crippen molar-refractivity contribution in [1.82, 2.24) is 10.3 Å². The molecule has 0 radical (unpaired) electrons. The van der Waals surface area contributed by atoms with E-state index in [-0.39, 0.29) is 12.3 Å². The van der Waals surface area contributed by atoms with Gasteiger partial charge in [0.15, 0.2) is 17.6 Å². The van der Waals surface area contributed by atoms with Gasteiger partial charge in [-0.2, -0.15) is 0 Å². The molecule has 0 fully saturated rings. The van der Waals surface area contributed by atoms with Crippen molar-refractivity contribution in [1.29, 1.82) is 0 Å². The average Bonchev–Trinajstić information content (AvgIpc) is 3.08. The Kier molecular flexibility index (Phi) is 5.86. The van der Waals surface area contributed by atoms with Gasteiger partial charge in [0.05, 0.1) is 6.42 Å². The van der Waals surface area contributed by atoms with E-state index in [1.54, 1.807) is 6.92 Å². The molecule has 1 N–H and O–H groups in total. The molecule has 1 heterocycles. The van der Waals surface area contributed by atoms with E-state index in [1.165, 1.54) is 0 Å². The number of para-hydroxylation sites is 2. The van der Waals surface area contributed by atoms with E-state index < -0.39 is 12.1 Å².